The van der Waals surface area contributed by atoms with Crippen LogP contribution in [0.2, 0.25) is 5.02 Å². The number of ether oxygens (including phenoxy) is 2. The topological polar surface area (TPSA) is 141 Å². The fourth-order valence-corrected chi connectivity index (χ4v) is 5.37. The van der Waals surface area contributed by atoms with Gasteiger partial charge >= 0.3 is 19.7 Å². The van der Waals surface area contributed by atoms with Gasteiger partial charge in [-0.05, 0) is 43.2 Å². The third-order valence-corrected chi connectivity index (χ3v) is 7.86. The molecule has 1 unspecified atom stereocenters. The Labute approximate surface area is 255 Å². The molecule has 11 nitrogen and oxygen atoms in total. The minimum atomic E-state index is -3.44. The monoisotopic (exact) mass is 631 g/mol. The lowest BCUT2D eigenvalue weighted by atomic mass is 10.2. The quantitative estimate of drug-likeness (QED) is 0.122. The molecular weight excluding hydrogens is 597 g/mol. The second-order valence-corrected chi connectivity index (χ2v) is 11.6. The summed E-state index contributed by atoms with van der Waals surface area (Å²) in [6.45, 7) is 3.69. The van der Waals surface area contributed by atoms with Crippen molar-refractivity contribution in [2.45, 2.75) is 39.5 Å². The molecule has 3 aromatic carbocycles. The Balaban J connectivity index is 1.70. The summed E-state index contributed by atoms with van der Waals surface area (Å²) in [6, 6.07) is 21.3. The first-order valence-corrected chi connectivity index (χ1v) is 15.7. The number of esters is 1. The van der Waals surface area contributed by atoms with Crippen molar-refractivity contribution >= 4 is 48.5 Å². The number of anilines is 2. The predicted molar refractivity (Wildman–Crippen MR) is 164 cm³/mol. The zero-order valence-corrected chi connectivity index (χ0v) is 25.6. The standard InChI is InChI=1S/C30H35ClN3O8P/c1-3-41-43(38,42-4-2)21-32-25-16-15-24(31)17-26(25)33-28(35)18-27(29(36)39-19-22-11-7-5-8-12-22)34-30(37)40-20-23-13-9-6-10-14-23/h5-17,27,32H,3-4,18-21H2,1-2H3,(H,33,35)(H,34,37). The highest BCUT2D eigenvalue weighted by Crippen LogP contribution is 2.48. The fraction of sp³-hybridized carbons (Fsp3) is 0.300. The fourth-order valence-electron chi connectivity index (χ4n) is 3.79. The summed E-state index contributed by atoms with van der Waals surface area (Å²) in [7, 11) is -3.44. The molecule has 0 aliphatic heterocycles. The summed E-state index contributed by atoms with van der Waals surface area (Å²) in [5.41, 5.74) is 2.12. The van der Waals surface area contributed by atoms with Crippen LogP contribution in [0.3, 0.4) is 0 Å². The molecule has 43 heavy (non-hydrogen) atoms. The van der Waals surface area contributed by atoms with Crippen LogP contribution in [-0.2, 0) is 45.9 Å². The minimum Gasteiger partial charge on any atom is -0.459 e. The first-order valence-electron chi connectivity index (χ1n) is 13.6. The first kappa shape index (κ1) is 33.6. The molecule has 0 aliphatic carbocycles. The van der Waals surface area contributed by atoms with Crippen molar-refractivity contribution in [3.05, 3.63) is 95.0 Å². The van der Waals surface area contributed by atoms with Gasteiger partial charge in [-0.3, -0.25) is 9.36 Å². The lowest BCUT2D eigenvalue weighted by molar-refractivity contribution is -0.148. The molecule has 1 atom stereocenters. The normalized spacial score (nSPS) is 11.7. The molecule has 0 saturated heterocycles. The number of rotatable bonds is 16. The molecule has 0 fully saturated rings. The van der Waals surface area contributed by atoms with Crippen molar-refractivity contribution in [1.82, 2.24) is 5.32 Å². The van der Waals surface area contributed by atoms with Crippen LogP contribution in [0, 0.1) is 0 Å². The number of carbonyl (C=O) groups excluding carboxylic acids is 3. The second-order valence-electron chi connectivity index (χ2n) is 9.08. The number of alkyl carbamates (subject to hydrolysis) is 1. The highest BCUT2D eigenvalue weighted by molar-refractivity contribution is 7.53. The van der Waals surface area contributed by atoms with Crippen LogP contribution in [0.1, 0.15) is 31.4 Å². The Morgan fingerprint density at radius 2 is 1.40 bits per heavy atom. The third-order valence-electron chi connectivity index (χ3n) is 5.77. The zero-order chi connectivity index (χ0) is 31.1. The highest BCUT2D eigenvalue weighted by atomic mass is 35.5. The Morgan fingerprint density at radius 1 is 0.814 bits per heavy atom. The van der Waals surface area contributed by atoms with E-state index in [1.165, 1.54) is 6.07 Å². The molecule has 0 bridgehead atoms. The largest absolute Gasteiger partial charge is 0.459 e. The van der Waals surface area contributed by atoms with Crippen LogP contribution < -0.4 is 16.0 Å². The molecule has 2 amide bonds. The van der Waals surface area contributed by atoms with Gasteiger partial charge in [0, 0.05) is 5.02 Å². The van der Waals surface area contributed by atoms with Gasteiger partial charge in [0.05, 0.1) is 31.0 Å². The molecule has 0 aliphatic rings. The van der Waals surface area contributed by atoms with Gasteiger partial charge < -0.3 is 34.5 Å². The van der Waals surface area contributed by atoms with Crippen molar-refractivity contribution in [3.8, 4) is 0 Å². The van der Waals surface area contributed by atoms with E-state index in [4.69, 9.17) is 30.1 Å². The van der Waals surface area contributed by atoms with E-state index < -0.39 is 38.0 Å². The number of hydrogen-bond acceptors (Lipinski definition) is 9. The summed E-state index contributed by atoms with van der Waals surface area (Å²) < 4.78 is 34.1. The molecular formula is C30H35ClN3O8P. The van der Waals surface area contributed by atoms with E-state index in [9.17, 15) is 18.9 Å². The van der Waals surface area contributed by atoms with Crippen LogP contribution in [-0.4, -0.2) is 43.5 Å². The molecule has 0 spiro atoms. The molecule has 0 heterocycles. The summed E-state index contributed by atoms with van der Waals surface area (Å²) in [5.74, 6) is -1.46. The number of carbonyl (C=O) groups is 3. The number of nitrogens with one attached hydrogen (secondary N) is 3. The van der Waals surface area contributed by atoms with E-state index in [-0.39, 0.29) is 38.4 Å². The van der Waals surface area contributed by atoms with E-state index in [0.29, 0.717) is 10.7 Å². The van der Waals surface area contributed by atoms with Crippen LogP contribution in [0.5, 0.6) is 0 Å². The first-order chi connectivity index (χ1) is 20.7. The molecule has 3 rings (SSSR count). The Bertz CT molecular complexity index is 1380. The number of benzene rings is 3. The predicted octanol–water partition coefficient (Wildman–Crippen LogP) is 6.34. The van der Waals surface area contributed by atoms with Gasteiger partial charge in [0.25, 0.3) is 0 Å². The zero-order valence-electron chi connectivity index (χ0n) is 23.9. The van der Waals surface area contributed by atoms with Gasteiger partial charge in [-0.1, -0.05) is 72.3 Å². The average Bonchev–Trinajstić information content (AvgIpc) is 2.99. The molecule has 3 N–H and O–H groups in total. The SMILES string of the molecule is CCOP(=O)(CNc1ccc(Cl)cc1NC(=O)CC(NC(=O)OCc1ccccc1)C(=O)OCc1ccccc1)OCC. The van der Waals surface area contributed by atoms with Gasteiger partial charge in [-0.25, -0.2) is 9.59 Å². The minimum absolute atomic E-state index is 0.0322. The molecule has 230 valence electrons. The lowest BCUT2D eigenvalue weighted by Crippen LogP contribution is -2.44. The van der Waals surface area contributed by atoms with Gasteiger partial charge in [-0.2, -0.15) is 0 Å². The number of halogens is 1. The maximum absolute atomic E-state index is 13.1. The van der Waals surface area contributed by atoms with E-state index in [1.54, 1.807) is 74.5 Å². The van der Waals surface area contributed by atoms with Crippen LogP contribution in [0.15, 0.2) is 78.9 Å². The van der Waals surface area contributed by atoms with Crippen LogP contribution in [0.25, 0.3) is 0 Å². The van der Waals surface area contributed by atoms with E-state index >= 15 is 0 Å². The van der Waals surface area contributed by atoms with Gasteiger partial charge in [0.2, 0.25) is 5.91 Å². The summed E-state index contributed by atoms with van der Waals surface area (Å²) in [4.78, 5) is 38.7. The summed E-state index contributed by atoms with van der Waals surface area (Å²) >= 11 is 6.17. The smallest absolute Gasteiger partial charge is 0.408 e. The van der Waals surface area contributed by atoms with Crippen molar-refractivity contribution in [2.75, 3.05) is 30.1 Å². The Morgan fingerprint density at radius 3 is 1.98 bits per heavy atom. The molecule has 13 heteroatoms. The van der Waals surface area contributed by atoms with E-state index in [1.807, 2.05) is 12.1 Å². The van der Waals surface area contributed by atoms with E-state index in [0.717, 1.165) is 11.1 Å². The van der Waals surface area contributed by atoms with Crippen LogP contribution in [0.4, 0.5) is 16.2 Å². The average molecular weight is 632 g/mol. The Kier molecular flexibility index (Phi) is 13.5. The molecule has 0 radical (unpaired) electrons. The summed E-state index contributed by atoms with van der Waals surface area (Å²) in [6.07, 6.45) is -1.54. The van der Waals surface area contributed by atoms with Crippen molar-refractivity contribution < 1.29 is 37.5 Å². The van der Waals surface area contributed by atoms with Gasteiger partial charge in [0.1, 0.15) is 25.5 Å². The highest BCUT2D eigenvalue weighted by Gasteiger charge is 2.27. The maximum atomic E-state index is 13.1. The van der Waals surface area contributed by atoms with Gasteiger partial charge in [0.15, 0.2) is 0 Å². The second kappa shape index (κ2) is 17.3. The molecule has 3 aromatic rings. The van der Waals surface area contributed by atoms with Gasteiger partial charge in [-0.15, -0.1) is 0 Å². The number of hydrogen-bond donors (Lipinski definition) is 3. The van der Waals surface area contributed by atoms with Crippen molar-refractivity contribution in [2.24, 2.45) is 0 Å². The Hall–Kier alpha value is -3.89. The van der Waals surface area contributed by atoms with E-state index in [2.05, 4.69) is 16.0 Å². The number of amides is 2. The summed E-state index contributed by atoms with van der Waals surface area (Å²) in [5, 5.41) is 8.40. The third kappa shape index (κ3) is 11.7. The maximum Gasteiger partial charge on any atom is 0.408 e. The molecule has 0 aromatic heterocycles. The lowest BCUT2D eigenvalue weighted by Gasteiger charge is -2.20. The van der Waals surface area contributed by atoms with Crippen molar-refractivity contribution in [1.29, 1.82) is 0 Å². The molecule has 0 saturated carbocycles. The van der Waals surface area contributed by atoms with Crippen molar-refractivity contribution in [3.63, 3.8) is 0 Å². The van der Waals surface area contributed by atoms with Crippen LogP contribution >= 0.6 is 19.2 Å².